The third-order valence-corrected chi connectivity index (χ3v) is 5.09. The van der Waals surface area contributed by atoms with Crippen LogP contribution in [0.3, 0.4) is 0 Å². The second kappa shape index (κ2) is 7.57. The van der Waals surface area contributed by atoms with Crippen LogP contribution in [-0.4, -0.2) is 19.9 Å². The van der Waals surface area contributed by atoms with Gasteiger partial charge in [-0.05, 0) is 24.1 Å². The molecule has 2 heterocycles. The van der Waals surface area contributed by atoms with Crippen molar-refractivity contribution in [3.8, 4) is 0 Å². The maximum atomic E-state index is 11.7. The lowest BCUT2D eigenvalue weighted by molar-refractivity contribution is -0.383. The Morgan fingerprint density at radius 2 is 1.86 bits per heavy atom. The van der Waals surface area contributed by atoms with Crippen LogP contribution in [0.5, 0.6) is 0 Å². The van der Waals surface area contributed by atoms with Crippen molar-refractivity contribution < 1.29 is 4.92 Å². The summed E-state index contributed by atoms with van der Waals surface area (Å²) in [5.74, 6) is 0.260. The van der Waals surface area contributed by atoms with Crippen LogP contribution in [-0.2, 0) is 6.54 Å². The van der Waals surface area contributed by atoms with Crippen LogP contribution in [0.15, 0.2) is 54.9 Å². The van der Waals surface area contributed by atoms with Crippen molar-refractivity contribution >= 4 is 44.0 Å². The molecule has 4 aromatic rings. The van der Waals surface area contributed by atoms with Gasteiger partial charge in [-0.15, -0.1) is 0 Å². The van der Waals surface area contributed by atoms with Crippen molar-refractivity contribution in [3.63, 3.8) is 0 Å². The van der Waals surface area contributed by atoms with E-state index in [0.29, 0.717) is 11.7 Å². The second-order valence-corrected chi connectivity index (χ2v) is 7.11. The van der Waals surface area contributed by atoms with E-state index in [9.17, 15) is 10.1 Å². The number of nitrogens with zero attached hydrogens (tertiary/aromatic N) is 4. The molecular formula is C19H16N6O2S. The van der Waals surface area contributed by atoms with Crippen molar-refractivity contribution in [2.45, 2.75) is 13.5 Å². The Bertz CT molecular complexity index is 1150. The molecule has 0 saturated heterocycles. The third kappa shape index (κ3) is 3.60. The lowest BCUT2D eigenvalue weighted by atomic mass is 10.2. The molecule has 2 N–H and O–H groups in total. The van der Waals surface area contributed by atoms with Gasteiger partial charge in [0.25, 0.3) is 0 Å². The van der Waals surface area contributed by atoms with E-state index < -0.39 is 4.92 Å². The molecule has 0 fully saturated rings. The van der Waals surface area contributed by atoms with Crippen LogP contribution in [0.2, 0.25) is 0 Å². The first-order valence-electron chi connectivity index (χ1n) is 8.52. The number of aromatic nitrogens is 3. The molecule has 0 atom stereocenters. The molecule has 0 aliphatic heterocycles. The summed E-state index contributed by atoms with van der Waals surface area (Å²) in [6.45, 7) is 2.39. The Hall–Kier alpha value is -3.59. The van der Waals surface area contributed by atoms with Gasteiger partial charge in [-0.2, -0.15) is 0 Å². The molecule has 0 spiro atoms. The molecule has 4 rings (SSSR count). The molecule has 0 saturated carbocycles. The van der Waals surface area contributed by atoms with Crippen LogP contribution in [0.1, 0.15) is 11.1 Å². The van der Waals surface area contributed by atoms with Gasteiger partial charge in [0.2, 0.25) is 11.6 Å². The molecule has 0 unspecified atom stereocenters. The van der Waals surface area contributed by atoms with E-state index in [2.05, 4.69) is 25.6 Å². The summed E-state index contributed by atoms with van der Waals surface area (Å²) in [5.41, 5.74) is 2.69. The van der Waals surface area contributed by atoms with Crippen LogP contribution in [0, 0.1) is 17.0 Å². The minimum atomic E-state index is -0.492. The van der Waals surface area contributed by atoms with Gasteiger partial charge in [-0.3, -0.25) is 10.1 Å². The number of nitro groups is 1. The maximum Gasteiger partial charge on any atom is 0.353 e. The van der Waals surface area contributed by atoms with Gasteiger partial charge in [-0.25, -0.2) is 15.0 Å². The number of hydrogen-bond acceptors (Lipinski definition) is 8. The van der Waals surface area contributed by atoms with Gasteiger partial charge < -0.3 is 10.6 Å². The van der Waals surface area contributed by atoms with Gasteiger partial charge in [0, 0.05) is 6.54 Å². The second-order valence-electron chi connectivity index (χ2n) is 6.08. The molecule has 28 heavy (non-hydrogen) atoms. The zero-order valence-corrected chi connectivity index (χ0v) is 15.7. The van der Waals surface area contributed by atoms with Gasteiger partial charge in [0.15, 0.2) is 5.13 Å². The summed E-state index contributed by atoms with van der Waals surface area (Å²) in [5, 5.41) is 18.2. The van der Waals surface area contributed by atoms with Crippen molar-refractivity contribution in [3.05, 3.63) is 76.1 Å². The highest BCUT2D eigenvalue weighted by molar-refractivity contribution is 7.22. The van der Waals surface area contributed by atoms with E-state index in [0.717, 1.165) is 21.3 Å². The normalized spacial score (nSPS) is 10.8. The summed E-state index contributed by atoms with van der Waals surface area (Å²) in [7, 11) is 0. The smallest absolute Gasteiger partial charge is 0.353 e. The highest BCUT2D eigenvalue weighted by Gasteiger charge is 2.24. The van der Waals surface area contributed by atoms with Gasteiger partial charge >= 0.3 is 5.69 Å². The molecule has 0 aliphatic rings. The summed E-state index contributed by atoms with van der Waals surface area (Å²) in [4.78, 5) is 23.9. The standard InChI is InChI=1S/C19H16N6O2S/c1-12-6-5-9-14-15(12)23-19(28-14)24-18-16(25(26)27)17(21-11-22-18)20-10-13-7-3-2-4-8-13/h2-9,11H,10H2,1H3,(H2,20,21,22,23,24). The van der Waals surface area contributed by atoms with Gasteiger partial charge in [0.1, 0.15) is 6.33 Å². The number of rotatable bonds is 6. The molecule has 8 nitrogen and oxygen atoms in total. The first kappa shape index (κ1) is 17.8. The highest BCUT2D eigenvalue weighted by atomic mass is 32.1. The third-order valence-electron chi connectivity index (χ3n) is 4.15. The molecular weight excluding hydrogens is 376 g/mol. The Morgan fingerprint density at radius 3 is 2.61 bits per heavy atom. The number of fused-ring (bicyclic) bond motifs is 1. The van der Waals surface area contributed by atoms with E-state index in [4.69, 9.17) is 0 Å². The summed E-state index contributed by atoms with van der Waals surface area (Å²) in [6.07, 6.45) is 1.29. The van der Waals surface area contributed by atoms with Crippen molar-refractivity contribution in [1.29, 1.82) is 0 Å². The first-order chi connectivity index (χ1) is 13.6. The van der Waals surface area contributed by atoms with E-state index in [1.807, 2.05) is 55.5 Å². The average Bonchev–Trinajstić information content (AvgIpc) is 3.11. The Balaban J connectivity index is 1.64. The zero-order chi connectivity index (χ0) is 19.5. The minimum Gasteiger partial charge on any atom is -0.360 e. The van der Waals surface area contributed by atoms with Crippen LogP contribution >= 0.6 is 11.3 Å². The predicted molar refractivity (Wildman–Crippen MR) is 110 cm³/mol. The summed E-state index contributed by atoms with van der Waals surface area (Å²) in [6, 6.07) is 15.5. The Kier molecular flexibility index (Phi) is 4.81. The van der Waals surface area contributed by atoms with E-state index in [1.54, 1.807) is 0 Å². The quantitative estimate of drug-likeness (QED) is 0.363. The number of aryl methyl sites for hydroxylation is 1. The fourth-order valence-corrected chi connectivity index (χ4v) is 3.74. The molecule has 0 aliphatic carbocycles. The number of anilines is 3. The number of hydrogen-bond donors (Lipinski definition) is 2. The predicted octanol–water partition coefficient (Wildman–Crippen LogP) is 4.66. The number of thiazole rings is 1. The van der Waals surface area contributed by atoms with Gasteiger partial charge in [-0.1, -0.05) is 53.8 Å². The molecule has 2 aromatic carbocycles. The number of para-hydroxylation sites is 1. The van der Waals surface area contributed by atoms with E-state index in [-0.39, 0.29) is 17.3 Å². The highest BCUT2D eigenvalue weighted by Crippen LogP contribution is 2.34. The fraction of sp³-hybridized carbons (Fsp3) is 0.105. The number of nitrogens with one attached hydrogen (secondary N) is 2. The largest absolute Gasteiger partial charge is 0.360 e. The monoisotopic (exact) mass is 392 g/mol. The van der Waals surface area contributed by atoms with Crippen LogP contribution in [0.4, 0.5) is 22.5 Å². The SMILES string of the molecule is Cc1cccc2sc(Nc3ncnc(NCc4ccccc4)c3[N+](=O)[O-])nc12. The molecule has 140 valence electrons. The summed E-state index contributed by atoms with van der Waals surface area (Å²) < 4.78 is 1.00. The van der Waals surface area contributed by atoms with Crippen molar-refractivity contribution in [2.75, 3.05) is 10.6 Å². The van der Waals surface area contributed by atoms with Crippen molar-refractivity contribution in [2.24, 2.45) is 0 Å². The van der Waals surface area contributed by atoms with Crippen LogP contribution in [0.25, 0.3) is 10.2 Å². The maximum absolute atomic E-state index is 11.7. The first-order valence-corrected chi connectivity index (χ1v) is 9.34. The topological polar surface area (TPSA) is 106 Å². The Labute approximate surface area is 164 Å². The van der Waals surface area contributed by atoms with E-state index in [1.165, 1.54) is 17.7 Å². The fourth-order valence-electron chi connectivity index (χ4n) is 2.80. The van der Waals surface area contributed by atoms with Crippen molar-refractivity contribution in [1.82, 2.24) is 15.0 Å². The van der Waals surface area contributed by atoms with Crippen LogP contribution < -0.4 is 10.6 Å². The molecule has 0 amide bonds. The lowest BCUT2D eigenvalue weighted by Gasteiger charge is -2.09. The zero-order valence-electron chi connectivity index (χ0n) is 14.9. The van der Waals surface area contributed by atoms with E-state index >= 15 is 0 Å². The summed E-state index contributed by atoms with van der Waals surface area (Å²) >= 11 is 1.42. The average molecular weight is 392 g/mol. The number of benzene rings is 2. The lowest BCUT2D eigenvalue weighted by Crippen LogP contribution is -2.08. The minimum absolute atomic E-state index is 0.104. The molecule has 0 radical (unpaired) electrons. The molecule has 0 bridgehead atoms. The molecule has 9 heteroatoms. The Morgan fingerprint density at radius 1 is 1.07 bits per heavy atom. The van der Waals surface area contributed by atoms with Gasteiger partial charge in [0.05, 0.1) is 15.1 Å². The molecule has 2 aromatic heterocycles.